The van der Waals surface area contributed by atoms with Crippen molar-refractivity contribution in [1.29, 1.82) is 0 Å². The molecule has 2 amide bonds. The van der Waals surface area contributed by atoms with Gasteiger partial charge in [-0.25, -0.2) is 0 Å². The van der Waals surface area contributed by atoms with E-state index in [2.05, 4.69) is 39.6 Å². The summed E-state index contributed by atoms with van der Waals surface area (Å²) in [6.07, 6.45) is 5.07. The molecule has 3 saturated heterocycles. The Kier molecular flexibility index (Phi) is 14.6. The molecule has 3 rings (SSSR count). The standard InChI is InChI=1S/C21H39N5O2.3ClH/c1-3-25-11-5-17(6-12-25)23-19(27)15-21(9-10-22-16-21)20(28)24-18-7-13-26(4-2)14-8-18;;;/h17-18,22H,3-16H2,1-2H3,(H,23,27)(H,24,28);3*1H. The van der Waals surface area contributed by atoms with Crippen LogP contribution in [0, 0.1) is 5.41 Å². The number of carbonyl (C=O) groups is 2. The zero-order valence-corrected chi connectivity index (χ0v) is 21.4. The van der Waals surface area contributed by atoms with Crippen molar-refractivity contribution >= 4 is 49.0 Å². The summed E-state index contributed by atoms with van der Waals surface area (Å²) in [6, 6.07) is 0.498. The Morgan fingerprint density at radius 2 is 1.35 bits per heavy atom. The normalized spacial score (nSPS) is 25.6. The van der Waals surface area contributed by atoms with E-state index in [0.29, 0.717) is 13.0 Å². The molecule has 3 aliphatic heterocycles. The summed E-state index contributed by atoms with van der Waals surface area (Å²) in [4.78, 5) is 30.8. The Labute approximate surface area is 206 Å². The van der Waals surface area contributed by atoms with E-state index in [1.54, 1.807) is 0 Å². The number of hydrogen-bond acceptors (Lipinski definition) is 5. The summed E-state index contributed by atoms with van der Waals surface area (Å²) >= 11 is 0. The molecule has 3 N–H and O–H groups in total. The maximum absolute atomic E-state index is 13.1. The average Bonchev–Trinajstić information content (AvgIpc) is 3.18. The molecule has 0 radical (unpaired) electrons. The first kappa shape index (κ1) is 30.7. The largest absolute Gasteiger partial charge is 0.353 e. The van der Waals surface area contributed by atoms with E-state index < -0.39 is 5.41 Å². The van der Waals surface area contributed by atoms with Gasteiger partial charge < -0.3 is 25.8 Å². The molecule has 31 heavy (non-hydrogen) atoms. The van der Waals surface area contributed by atoms with Crippen LogP contribution in [0.2, 0.25) is 0 Å². The van der Waals surface area contributed by atoms with Crippen LogP contribution in [0.4, 0.5) is 0 Å². The molecule has 184 valence electrons. The van der Waals surface area contributed by atoms with E-state index in [4.69, 9.17) is 0 Å². The Hall–Kier alpha value is -0.310. The third-order valence-electron chi connectivity index (χ3n) is 6.99. The van der Waals surface area contributed by atoms with Crippen LogP contribution in [0.5, 0.6) is 0 Å². The van der Waals surface area contributed by atoms with Crippen molar-refractivity contribution in [2.24, 2.45) is 5.41 Å². The molecule has 3 fully saturated rings. The zero-order valence-electron chi connectivity index (χ0n) is 19.0. The molecule has 10 heteroatoms. The topological polar surface area (TPSA) is 76.7 Å². The molecular weight excluding hydrogens is 461 g/mol. The smallest absolute Gasteiger partial charge is 0.228 e. The number of amides is 2. The average molecular weight is 503 g/mol. The van der Waals surface area contributed by atoms with E-state index in [0.717, 1.165) is 77.9 Å². The van der Waals surface area contributed by atoms with E-state index >= 15 is 0 Å². The molecule has 0 aromatic heterocycles. The van der Waals surface area contributed by atoms with Crippen molar-refractivity contribution in [3.05, 3.63) is 0 Å². The number of likely N-dealkylation sites (tertiary alicyclic amines) is 2. The van der Waals surface area contributed by atoms with Gasteiger partial charge >= 0.3 is 0 Å². The van der Waals surface area contributed by atoms with Crippen LogP contribution in [-0.4, -0.2) is 86.1 Å². The minimum atomic E-state index is -0.587. The minimum Gasteiger partial charge on any atom is -0.353 e. The van der Waals surface area contributed by atoms with Crippen molar-refractivity contribution in [3.8, 4) is 0 Å². The third kappa shape index (κ3) is 8.52. The van der Waals surface area contributed by atoms with Gasteiger partial charge in [0.05, 0.1) is 5.41 Å². The highest BCUT2D eigenvalue weighted by Gasteiger charge is 2.44. The molecule has 3 aliphatic rings. The summed E-state index contributed by atoms with van der Waals surface area (Å²) in [5.41, 5.74) is -0.587. The molecule has 0 aliphatic carbocycles. The number of nitrogens with zero attached hydrogens (tertiary/aromatic N) is 2. The fourth-order valence-corrected chi connectivity index (χ4v) is 4.88. The fraction of sp³-hybridized carbons (Fsp3) is 0.905. The maximum atomic E-state index is 13.1. The lowest BCUT2D eigenvalue weighted by Gasteiger charge is -2.35. The predicted octanol–water partition coefficient (Wildman–Crippen LogP) is 1.82. The summed E-state index contributed by atoms with van der Waals surface area (Å²) in [7, 11) is 0. The van der Waals surface area contributed by atoms with Gasteiger partial charge in [0.1, 0.15) is 0 Å². The SMILES string of the molecule is CCN1CCC(NC(=O)CC2(C(=O)NC3CCN(CC)CC3)CCNC2)CC1.Cl.Cl.Cl. The van der Waals surface area contributed by atoms with Crippen LogP contribution in [0.3, 0.4) is 0 Å². The Morgan fingerprint density at radius 3 is 1.77 bits per heavy atom. The second-order valence-corrected chi connectivity index (χ2v) is 8.84. The molecule has 1 unspecified atom stereocenters. The highest BCUT2D eigenvalue weighted by molar-refractivity contribution is 5.90. The summed E-state index contributed by atoms with van der Waals surface area (Å²) in [5.74, 6) is 0.109. The third-order valence-corrected chi connectivity index (χ3v) is 6.99. The predicted molar refractivity (Wildman–Crippen MR) is 133 cm³/mol. The highest BCUT2D eigenvalue weighted by atomic mass is 35.5. The van der Waals surface area contributed by atoms with Crippen LogP contribution >= 0.6 is 37.2 Å². The van der Waals surface area contributed by atoms with Gasteiger partial charge in [-0.2, -0.15) is 0 Å². The first-order valence-electron chi connectivity index (χ1n) is 11.3. The number of piperidine rings is 2. The van der Waals surface area contributed by atoms with Crippen molar-refractivity contribution in [3.63, 3.8) is 0 Å². The van der Waals surface area contributed by atoms with Crippen molar-refractivity contribution in [2.75, 3.05) is 52.4 Å². The summed E-state index contributed by atoms with van der Waals surface area (Å²) < 4.78 is 0. The molecule has 0 aromatic rings. The van der Waals surface area contributed by atoms with Gasteiger partial charge in [0.2, 0.25) is 11.8 Å². The van der Waals surface area contributed by atoms with Gasteiger partial charge in [-0.15, -0.1) is 37.2 Å². The first-order valence-corrected chi connectivity index (χ1v) is 11.3. The Morgan fingerprint density at radius 1 is 0.871 bits per heavy atom. The molecule has 3 heterocycles. The van der Waals surface area contributed by atoms with Crippen molar-refractivity contribution < 1.29 is 9.59 Å². The lowest BCUT2D eigenvalue weighted by Crippen LogP contribution is -2.52. The van der Waals surface area contributed by atoms with E-state index in [1.165, 1.54) is 0 Å². The number of halogens is 3. The summed E-state index contributed by atoms with van der Waals surface area (Å²) in [6.45, 7) is 12.1. The summed E-state index contributed by atoms with van der Waals surface area (Å²) in [5, 5.41) is 9.80. The van der Waals surface area contributed by atoms with Gasteiger partial charge in [-0.05, 0) is 51.7 Å². The van der Waals surface area contributed by atoms with Gasteiger partial charge in [-0.1, -0.05) is 13.8 Å². The van der Waals surface area contributed by atoms with Crippen LogP contribution in [0.25, 0.3) is 0 Å². The van der Waals surface area contributed by atoms with Crippen LogP contribution in [-0.2, 0) is 9.59 Å². The van der Waals surface area contributed by atoms with Gasteiger partial charge in [0, 0.05) is 51.2 Å². The molecule has 1 atom stereocenters. The second-order valence-electron chi connectivity index (χ2n) is 8.84. The number of nitrogens with one attached hydrogen (secondary N) is 3. The second kappa shape index (κ2) is 14.8. The monoisotopic (exact) mass is 501 g/mol. The number of hydrogen-bond donors (Lipinski definition) is 3. The lowest BCUT2D eigenvalue weighted by atomic mass is 9.81. The quantitative estimate of drug-likeness (QED) is 0.495. The van der Waals surface area contributed by atoms with Crippen molar-refractivity contribution in [1.82, 2.24) is 25.8 Å². The van der Waals surface area contributed by atoms with Crippen LogP contribution in [0.1, 0.15) is 52.4 Å². The van der Waals surface area contributed by atoms with Gasteiger partial charge in [0.15, 0.2) is 0 Å². The lowest BCUT2D eigenvalue weighted by molar-refractivity contribution is -0.136. The van der Waals surface area contributed by atoms with Crippen LogP contribution in [0.15, 0.2) is 0 Å². The zero-order chi connectivity index (χ0) is 20.0. The molecule has 0 spiro atoms. The molecule has 0 saturated carbocycles. The maximum Gasteiger partial charge on any atom is 0.228 e. The van der Waals surface area contributed by atoms with E-state index in [-0.39, 0.29) is 61.1 Å². The Balaban J connectivity index is 0.00000300. The van der Waals surface area contributed by atoms with E-state index in [9.17, 15) is 9.59 Å². The first-order chi connectivity index (χ1) is 13.5. The van der Waals surface area contributed by atoms with Crippen LogP contribution < -0.4 is 16.0 Å². The molecular formula is C21H42Cl3N5O2. The van der Waals surface area contributed by atoms with Gasteiger partial charge in [-0.3, -0.25) is 9.59 Å². The molecule has 0 aromatic carbocycles. The van der Waals surface area contributed by atoms with Crippen molar-refractivity contribution in [2.45, 2.75) is 64.5 Å². The Bertz CT molecular complexity index is 533. The fourth-order valence-electron chi connectivity index (χ4n) is 4.88. The molecule has 7 nitrogen and oxygen atoms in total. The minimum absolute atomic E-state index is 0. The highest BCUT2D eigenvalue weighted by Crippen LogP contribution is 2.31. The molecule has 0 bridgehead atoms. The van der Waals surface area contributed by atoms with Gasteiger partial charge in [0.25, 0.3) is 0 Å². The number of rotatable bonds is 7. The number of carbonyl (C=O) groups excluding carboxylic acids is 2. The van der Waals surface area contributed by atoms with E-state index in [1.807, 2.05) is 0 Å².